The van der Waals surface area contributed by atoms with Gasteiger partial charge in [0.2, 0.25) is 5.91 Å². The second-order valence-corrected chi connectivity index (χ2v) is 9.64. The Bertz CT molecular complexity index is 1370. The summed E-state index contributed by atoms with van der Waals surface area (Å²) < 4.78 is 41.9. The van der Waals surface area contributed by atoms with Gasteiger partial charge in [-0.15, -0.1) is 0 Å². The van der Waals surface area contributed by atoms with Gasteiger partial charge in [0, 0.05) is 42.4 Å². The molecule has 0 saturated heterocycles. The molecule has 5 rings (SSSR count). The van der Waals surface area contributed by atoms with Crippen LogP contribution in [0, 0.1) is 5.92 Å². The largest absolute Gasteiger partial charge is 0.416 e. The highest BCUT2D eigenvalue weighted by Gasteiger charge is 2.42. The van der Waals surface area contributed by atoms with Gasteiger partial charge in [0.05, 0.1) is 23.2 Å². The number of amides is 2. The Morgan fingerprint density at radius 3 is 2.49 bits per heavy atom. The van der Waals surface area contributed by atoms with E-state index in [4.69, 9.17) is 0 Å². The summed E-state index contributed by atoms with van der Waals surface area (Å²) in [5.74, 6) is -0.904. The lowest BCUT2D eigenvalue weighted by molar-refractivity contribution is -0.140. The van der Waals surface area contributed by atoms with Gasteiger partial charge in [-0.25, -0.2) is 0 Å². The summed E-state index contributed by atoms with van der Waals surface area (Å²) >= 11 is 0. The Morgan fingerprint density at radius 1 is 1.14 bits per heavy atom. The van der Waals surface area contributed by atoms with Crippen LogP contribution in [-0.4, -0.2) is 27.8 Å². The first-order valence-corrected chi connectivity index (χ1v) is 11.7. The number of alkyl halides is 3. The molecule has 1 atom stereocenters. The second kappa shape index (κ2) is 8.29. The Kier molecular flexibility index (Phi) is 5.49. The number of anilines is 1. The summed E-state index contributed by atoms with van der Waals surface area (Å²) in [5, 5.41) is 4.33. The van der Waals surface area contributed by atoms with Gasteiger partial charge in [-0.2, -0.15) is 13.2 Å². The molecule has 0 radical (unpaired) electrons. The lowest BCUT2D eigenvalue weighted by atomic mass is 9.84. The number of carbonyl (C=O) groups excluding carboxylic acids is 2. The van der Waals surface area contributed by atoms with Crippen LogP contribution < -0.4 is 5.32 Å². The van der Waals surface area contributed by atoms with E-state index in [1.54, 1.807) is 0 Å². The summed E-state index contributed by atoms with van der Waals surface area (Å²) in [7, 11) is 0. The van der Waals surface area contributed by atoms with Gasteiger partial charge in [0.15, 0.2) is 0 Å². The quantitative estimate of drug-likeness (QED) is 0.504. The number of hydrogen-bond acceptors (Lipinski definition) is 3. The predicted octanol–water partition coefficient (Wildman–Crippen LogP) is 5.91. The maximum absolute atomic E-state index is 13.5. The van der Waals surface area contributed by atoms with E-state index in [9.17, 15) is 22.8 Å². The molecule has 3 aromatic rings. The molecule has 182 valence electrons. The summed E-state index contributed by atoms with van der Waals surface area (Å²) in [6.07, 6.45) is -1.49. The number of benzene rings is 2. The van der Waals surface area contributed by atoms with E-state index in [-0.39, 0.29) is 12.5 Å². The normalized spacial score (nSPS) is 17.7. The molecule has 5 nitrogen and oxygen atoms in total. The number of nitrogens with zero attached hydrogens (tertiary/aromatic N) is 2. The Balaban J connectivity index is 1.72. The van der Waals surface area contributed by atoms with Crippen LogP contribution in [0.5, 0.6) is 0 Å². The fraction of sp³-hybridized carbons (Fsp3) is 0.333. The summed E-state index contributed by atoms with van der Waals surface area (Å²) in [5.41, 5.74) is 3.50. The number of hydrogen-bond donors (Lipinski definition) is 1. The van der Waals surface area contributed by atoms with E-state index in [1.807, 2.05) is 24.4 Å². The minimum absolute atomic E-state index is 0.106. The zero-order valence-electron chi connectivity index (χ0n) is 19.7. The maximum atomic E-state index is 13.5. The zero-order chi connectivity index (χ0) is 25.1. The van der Waals surface area contributed by atoms with E-state index in [1.165, 1.54) is 24.0 Å². The van der Waals surface area contributed by atoms with Crippen molar-refractivity contribution in [2.45, 2.75) is 45.8 Å². The minimum Gasteiger partial charge on any atom is -0.356 e. The van der Waals surface area contributed by atoms with Crippen molar-refractivity contribution >= 4 is 28.4 Å². The molecular weight excluding hydrogens is 455 g/mol. The van der Waals surface area contributed by atoms with E-state index >= 15 is 0 Å². The van der Waals surface area contributed by atoms with Crippen molar-refractivity contribution < 1.29 is 22.8 Å². The molecule has 0 bridgehead atoms. The highest BCUT2D eigenvalue weighted by Crippen LogP contribution is 2.47. The molecule has 1 unspecified atom stereocenters. The van der Waals surface area contributed by atoms with Crippen LogP contribution in [-0.2, 0) is 22.3 Å². The molecule has 1 aromatic heterocycles. The first kappa shape index (κ1) is 23.2. The van der Waals surface area contributed by atoms with Crippen LogP contribution in [0.2, 0.25) is 0 Å². The van der Waals surface area contributed by atoms with Crippen LogP contribution in [0.3, 0.4) is 0 Å². The van der Waals surface area contributed by atoms with Crippen molar-refractivity contribution in [3.63, 3.8) is 0 Å². The van der Waals surface area contributed by atoms with Gasteiger partial charge in [-0.1, -0.05) is 32.0 Å². The number of imide groups is 1. The van der Waals surface area contributed by atoms with Crippen LogP contribution in [0.4, 0.5) is 18.9 Å². The van der Waals surface area contributed by atoms with Gasteiger partial charge < -0.3 is 9.88 Å². The average Bonchev–Trinajstić information content (AvgIpc) is 3.27. The zero-order valence-corrected chi connectivity index (χ0v) is 19.7. The smallest absolute Gasteiger partial charge is 0.356 e. The molecule has 2 aliphatic rings. The van der Waals surface area contributed by atoms with E-state index in [0.29, 0.717) is 22.8 Å². The van der Waals surface area contributed by atoms with Gasteiger partial charge >= 0.3 is 6.18 Å². The predicted molar refractivity (Wildman–Crippen MR) is 128 cm³/mol. The molecular formula is C27H26F3N3O2. The molecule has 8 heteroatoms. The molecule has 3 heterocycles. The summed E-state index contributed by atoms with van der Waals surface area (Å²) in [6.45, 7) is 6.52. The number of aromatic nitrogens is 1. The van der Waals surface area contributed by atoms with Crippen molar-refractivity contribution in [3.8, 4) is 0 Å². The van der Waals surface area contributed by atoms with Gasteiger partial charge in [0.25, 0.3) is 5.91 Å². The van der Waals surface area contributed by atoms with Gasteiger partial charge in [0.1, 0.15) is 0 Å². The lowest BCUT2D eigenvalue weighted by Gasteiger charge is -2.20. The fourth-order valence-electron chi connectivity index (χ4n) is 5.07. The second-order valence-electron chi connectivity index (χ2n) is 9.64. The monoisotopic (exact) mass is 481 g/mol. The summed E-state index contributed by atoms with van der Waals surface area (Å²) in [6, 6.07) is 10.9. The van der Waals surface area contributed by atoms with Crippen molar-refractivity contribution in [1.29, 1.82) is 0 Å². The standard InChI is InChI=1S/C27H26F3N3O2/c1-15(2)11-12-32-13-19-23(17-7-9-18(10-8-17)27(28,29)30)25-21(14-33(16(3)34)26(25)35)31-20-5-4-6-22(32)24(19)20/h4-10,13,15,23,31H,11-12,14H2,1-3H3. The number of carbonyl (C=O) groups is 2. The molecule has 2 amide bonds. The molecule has 35 heavy (non-hydrogen) atoms. The van der Waals surface area contributed by atoms with E-state index in [2.05, 4.69) is 23.7 Å². The summed E-state index contributed by atoms with van der Waals surface area (Å²) in [4.78, 5) is 26.8. The van der Waals surface area contributed by atoms with Crippen molar-refractivity contribution in [2.75, 3.05) is 11.9 Å². The van der Waals surface area contributed by atoms with Crippen LogP contribution in [0.15, 0.2) is 59.9 Å². The molecule has 2 aliphatic heterocycles. The third-order valence-corrected chi connectivity index (χ3v) is 6.84. The molecule has 0 fully saturated rings. The molecule has 1 N–H and O–H groups in total. The molecule has 0 spiro atoms. The molecule has 0 aliphatic carbocycles. The highest BCUT2D eigenvalue weighted by molar-refractivity contribution is 6.11. The first-order chi connectivity index (χ1) is 16.6. The SMILES string of the molecule is CC(=O)N1CC2=C(C1=O)C(c1ccc(C(F)(F)F)cc1)c1cn(CCC(C)C)c3cccc(c13)N2. The minimum atomic E-state index is -4.46. The van der Waals surface area contributed by atoms with Crippen LogP contribution in [0.1, 0.15) is 49.8 Å². The average molecular weight is 482 g/mol. The number of rotatable bonds is 4. The van der Waals surface area contributed by atoms with Crippen molar-refractivity contribution in [2.24, 2.45) is 5.92 Å². The maximum Gasteiger partial charge on any atom is 0.416 e. The van der Waals surface area contributed by atoms with Crippen molar-refractivity contribution in [1.82, 2.24) is 9.47 Å². The molecule has 0 saturated carbocycles. The first-order valence-electron chi connectivity index (χ1n) is 11.7. The van der Waals surface area contributed by atoms with Gasteiger partial charge in [-0.05, 0) is 47.7 Å². The third-order valence-electron chi connectivity index (χ3n) is 6.84. The number of aryl methyl sites for hydroxylation is 1. The van der Waals surface area contributed by atoms with E-state index in [0.717, 1.165) is 47.3 Å². The topological polar surface area (TPSA) is 54.3 Å². The van der Waals surface area contributed by atoms with Crippen LogP contribution >= 0.6 is 0 Å². The number of halogens is 3. The van der Waals surface area contributed by atoms with Crippen molar-refractivity contribution in [3.05, 3.63) is 76.6 Å². The van der Waals surface area contributed by atoms with Gasteiger partial charge in [-0.3, -0.25) is 14.5 Å². The Labute approximate surface area is 201 Å². The lowest BCUT2D eigenvalue weighted by Crippen LogP contribution is -2.33. The third kappa shape index (κ3) is 3.90. The molecule has 2 aromatic carbocycles. The number of nitrogens with one attached hydrogen (secondary N) is 1. The Hall–Kier alpha value is -3.55. The van der Waals surface area contributed by atoms with Crippen LogP contribution in [0.25, 0.3) is 10.9 Å². The van der Waals surface area contributed by atoms with E-state index < -0.39 is 23.6 Å². The highest BCUT2D eigenvalue weighted by atomic mass is 19.4. The Morgan fingerprint density at radius 2 is 1.86 bits per heavy atom. The fourth-order valence-corrected chi connectivity index (χ4v) is 5.07.